The van der Waals surface area contributed by atoms with Gasteiger partial charge in [0.25, 0.3) is 0 Å². The number of aromatic nitrogens is 3. The smallest absolute Gasteiger partial charge is 0.134 e. The van der Waals surface area contributed by atoms with E-state index in [4.69, 9.17) is 5.73 Å². The zero-order valence-electron chi connectivity index (χ0n) is 12.0. The third kappa shape index (κ3) is 2.54. The first-order valence-electron chi connectivity index (χ1n) is 7.57. The maximum atomic E-state index is 6.07. The summed E-state index contributed by atoms with van der Waals surface area (Å²) in [6.07, 6.45) is 5.64. The fourth-order valence-electron chi connectivity index (χ4n) is 3.53. The van der Waals surface area contributed by atoms with Gasteiger partial charge < -0.3 is 10.3 Å². The average Bonchev–Trinajstić information content (AvgIpc) is 2.97. The molecule has 2 N–H and O–H groups in total. The highest BCUT2D eigenvalue weighted by Crippen LogP contribution is 2.24. The molecule has 5 nitrogen and oxygen atoms in total. The SMILES string of the molecule is CC(C)N1CCCC1Cc1nnc2n1CC(N)CC2. The number of rotatable bonds is 3. The van der Waals surface area contributed by atoms with Gasteiger partial charge >= 0.3 is 0 Å². The Morgan fingerprint density at radius 2 is 2.16 bits per heavy atom. The van der Waals surface area contributed by atoms with Crippen LogP contribution in [0.3, 0.4) is 0 Å². The first-order valence-corrected chi connectivity index (χ1v) is 7.57. The normalized spacial score (nSPS) is 28.0. The first kappa shape index (κ1) is 13.1. The maximum Gasteiger partial charge on any atom is 0.134 e. The van der Waals surface area contributed by atoms with Crippen molar-refractivity contribution in [2.75, 3.05) is 6.54 Å². The minimum absolute atomic E-state index is 0.270. The van der Waals surface area contributed by atoms with Crippen LogP contribution in [-0.4, -0.2) is 44.3 Å². The largest absolute Gasteiger partial charge is 0.326 e. The minimum atomic E-state index is 0.270. The number of aryl methyl sites for hydroxylation is 1. The molecule has 2 aliphatic heterocycles. The third-order valence-electron chi connectivity index (χ3n) is 4.56. The van der Waals surface area contributed by atoms with Gasteiger partial charge in [-0.1, -0.05) is 0 Å². The molecule has 1 aromatic heterocycles. The van der Waals surface area contributed by atoms with Crippen LogP contribution >= 0.6 is 0 Å². The highest BCUT2D eigenvalue weighted by molar-refractivity contribution is 5.03. The van der Waals surface area contributed by atoms with Crippen LogP contribution in [0.1, 0.15) is 44.8 Å². The van der Waals surface area contributed by atoms with Crippen LogP contribution in [-0.2, 0) is 19.4 Å². The minimum Gasteiger partial charge on any atom is -0.326 e. The monoisotopic (exact) mass is 263 g/mol. The van der Waals surface area contributed by atoms with Crippen molar-refractivity contribution in [1.29, 1.82) is 0 Å². The Hall–Kier alpha value is -0.940. The second-order valence-electron chi connectivity index (χ2n) is 6.27. The lowest BCUT2D eigenvalue weighted by Crippen LogP contribution is -2.38. The highest BCUT2D eigenvalue weighted by Gasteiger charge is 2.29. The molecular formula is C14H25N5. The van der Waals surface area contributed by atoms with E-state index in [0.29, 0.717) is 12.1 Å². The second-order valence-corrected chi connectivity index (χ2v) is 6.27. The predicted molar refractivity (Wildman–Crippen MR) is 74.9 cm³/mol. The summed E-state index contributed by atoms with van der Waals surface area (Å²) in [7, 11) is 0. The van der Waals surface area contributed by atoms with Gasteiger partial charge in [0.15, 0.2) is 0 Å². The summed E-state index contributed by atoms with van der Waals surface area (Å²) >= 11 is 0. The van der Waals surface area contributed by atoms with Crippen LogP contribution in [0.4, 0.5) is 0 Å². The Kier molecular flexibility index (Phi) is 3.58. The van der Waals surface area contributed by atoms with E-state index in [1.807, 2.05) is 0 Å². The molecule has 2 aliphatic rings. The Morgan fingerprint density at radius 1 is 1.32 bits per heavy atom. The Balaban J connectivity index is 1.75. The van der Waals surface area contributed by atoms with Gasteiger partial charge in [-0.2, -0.15) is 0 Å². The van der Waals surface area contributed by atoms with Gasteiger partial charge in [-0.3, -0.25) is 4.90 Å². The van der Waals surface area contributed by atoms with E-state index in [0.717, 1.165) is 37.5 Å². The van der Waals surface area contributed by atoms with Crippen LogP contribution in [0.15, 0.2) is 0 Å². The topological polar surface area (TPSA) is 60.0 Å². The summed E-state index contributed by atoms with van der Waals surface area (Å²) in [6, 6.07) is 1.52. The Labute approximate surface area is 115 Å². The fourth-order valence-corrected chi connectivity index (χ4v) is 3.53. The van der Waals surface area contributed by atoms with E-state index in [2.05, 4.69) is 33.5 Å². The van der Waals surface area contributed by atoms with E-state index >= 15 is 0 Å². The van der Waals surface area contributed by atoms with Crippen LogP contribution < -0.4 is 5.73 Å². The summed E-state index contributed by atoms with van der Waals surface area (Å²) < 4.78 is 2.27. The van der Waals surface area contributed by atoms with Gasteiger partial charge in [0.05, 0.1) is 0 Å². The molecule has 0 saturated carbocycles. The molecule has 1 saturated heterocycles. The number of fused-ring (bicyclic) bond motifs is 1. The van der Waals surface area contributed by atoms with Gasteiger partial charge in [-0.15, -0.1) is 10.2 Å². The van der Waals surface area contributed by atoms with E-state index in [1.54, 1.807) is 0 Å². The number of hydrogen-bond acceptors (Lipinski definition) is 4. The van der Waals surface area contributed by atoms with Crippen LogP contribution in [0.2, 0.25) is 0 Å². The lowest BCUT2D eigenvalue weighted by Gasteiger charge is -2.28. The van der Waals surface area contributed by atoms with E-state index in [1.165, 1.54) is 19.4 Å². The Bertz CT molecular complexity index is 439. The molecule has 2 atom stereocenters. The molecule has 2 unspecified atom stereocenters. The van der Waals surface area contributed by atoms with Crippen molar-refractivity contribution in [1.82, 2.24) is 19.7 Å². The second kappa shape index (κ2) is 5.21. The molecule has 5 heteroatoms. The quantitative estimate of drug-likeness (QED) is 0.882. The van der Waals surface area contributed by atoms with E-state index < -0.39 is 0 Å². The third-order valence-corrected chi connectivity index (χ3v) is 4.56. The Morgan fingerprint density at radius 3 is 2.95 bits per heavy atom. The summed E-state index contributed by atoms with van der Waals surface area (Å²) in [5.41, 5.74) is 6.07. The number of hydrogen-bond donors (Lipinski definition) is 1. The molecule has 0 aromatic carbocycles. The molecule has 0 radical (unpaired) electrons. The van der Waals surface area contributed by atoms with Crippen LogP contribution in [0, 0.1) is 0 Å². The zero-order chi connectivity index (χ0) is 13.4. The van der Waals surface area contributed by atoms with E-state index in [-0.39, 0.29) is 6.04 Å². The fraction of sp³-hybridized carbons (Fsp3) is 0.857. The molecule has 106 valence electrons. The van der Waals surface area contributed by atoms with Crippen molar-refractivity contribution in [2.45, 2.75) is 70.6 Å². The average molecular weight is 263 g/mol. The van der Waals surface area contributed by atoms with E-state index in [9.17, 15) is 0 Å². The first-order chi connectivity index (χ1) is 9.15. The molecule has 3 rings (SSSR count). The molecule has 1 aromatic rings. The lowest BCUT2D eigenvalue weighted by atomic mass is 10.1. The number of likely N-dealkylation sites (tertiary alicyclic amines) is 1. The molecule has 0 aliphatic carbocycles. The van der Waals surface area contributed by atoms with Crippen molar-refractivity contribution in [3.8, 4) is 0 Å². The van der Waals surface area contributed by atoms with Crippen LogP contribution in [0.25, 0.3) is 0 Å². The van der Waals surface area contributed by atoms with Crippen molar-refractivity contribution < 1.29 is 0 Å². The maximum absolute atomic E-state index is 6.07. The van der Waals surface area contributed by atoms with Gasteiger partial charge in [0, 0.05) is 37.5 Å². The molecule has 3 heterocycles. The van der Waals surface area contributed by atoms with Crippen molar-refractivity contribution in [3.05, 3.63) is 11.6 Å². The van der Waals surface area contributed by atoms with Gasteiger partial charge in [-0.05, 0) is 39.7 Å². The van der Waals surface area contributed by atoms with Crippen LogP contribution in [0.5, 0.6) is 0 Å². The molecule has 1 fully saturated rings. The predicted octanol–water partition coefficient (Wildman–Crippen LogP) is 0.967. The number of nitrogens with two attached hydrogens (primary N) is 1. The number of nitrogens with zero attached hydrogens (tertiary/aromatic N) is 4. The highest BCUT2D eigenvalue weighted by atomic mass is 15.3. The van der Waals surface area contributed by atoms with Crippen molar-refractivity contribution >= 4 is 0 Å². The van der Waals surface area contributed by atoms with Crippen molar-refractivity contribution in [2.24, 2.45) is 5.73 Å². The molecule has 0 amide bonds. The van der Waals surface area contributed by atoms with Gasteiger partial charge in [0.2, 0.25) is 0 Å². The van der Waals surface area contributed by atoms with Gasteiger partial charge in [-0.25, -0.2) is 0 Å². The summed E-state index contributed by atoms with van der Waals surface area (Å²) in [5, 5.41) is 8.76. The van der Waals surface area contributed by atoms with Gasteiger partial charge in [0.1, 0.15) is 11.6 Å². The summed E-state index contributed by atoms with van der Waals surface area (Å²) in [4.78, 5) is 2.60. The van der Waals surface area contributed by atoms with Crippen molar-refractivity contribution in [3.63, 3.8) is 0 Å². The zero-order valence-corrected chi connectivity index (χ0v) is 12.0. The lowest BCUT2D eigenvalue weighted by molar-refractivity contribution is 0.199. The molecule has 19 heavy (non-hydrogen) atoms. The molecular weight excluding hydrogens is 238 g/mol. The summed E-state index contributed by atoms with van der Waals surface area (Å²) in [6.45, 7) is 6.69. The molecule has 0 bridgehead atoms. The molecule has 0 spiro atoms. The standard InChI is InChI=1S/C14H25N5/c1-10(2)18-7-3-4-12(18)8-14-17-16-13-6-5-11(15)9-19(13)14/h10-12H,3-9,15H2,1-2H3. The summed E-state index contributed by atoms with van der Waals surface area (Å²) in [5.74, 6) is 2.27.